The summed E-state index contributed by atoms with van der Waals surface area (Å²) in [5.74, 6) is 1.76. The molecule has 1 aliphatic rings. The first-order chi connectivity index (χ1) is 13.1. The zero-order chi connectivity index (χ0) is 18.8. The third-order valence-corrected chi connectivity index (χ3v) is 5.31. The molecular weight excluding hydrogens is 360 g/mol. The van der Waals surface area contributed by atoms with Gasteiger partial charge in [-0.15, -0.1) is 0 Å². The van der Waals surface area contributed by atoms with Crippen molar-refractivity contribution in [2.24, 2.45) is 5.92 Å². The number of likely N-dealkylation sites (tertiary alicyclic amines) is 1. The van der Waals surface area contributed by atoms with E-state index >= 15 is 0 Å². The SMILES string of the molecule is CC1CCCN(Cc2cc(Nc3ncnc4cc(Cl)ccc34)ccc2O)C1. The van der Waals surface area contributed by atoms with Gasteiger partial charge >= 0.3 is 0 Å². The van der Waals surface area contributed by atoms with Gasteiger partial charge in [0.15, 0.2) is 0 Å². The number of anilines is 2. The largest absolute Gasteiger partial charge is 0.508 e. The van der Waals surface area contributed by atoms with Crippen molar-refractivity contribution in [2.75, 3.05) is 18.4 Å². The van der Waals surface area contributed by atoms with E-state index in [2.05, 4.69) is 27.1 Å². The summed E-state index contributed by atoms with van der Waals surface area (Å²) in [7, 11) is 0. The van der Waals surface area contributed by atoms with Crippen LogP contribution < -0.4 is 5.32 Å². The Kier molecular flexibility index (Phi) is 5.14. The smallest absolute Gasteiger partial charge is 0.141 e. The maximum atomic E-state index is 10.3. The number of phenols is 1. The Morgan fingerprint density at radius 3 is 2.96 bits per heavy atom. The molecule has 1 aliphatic heterocycles. The number of aromatic hydroxyl groups is 1. The molecule has 0 bridgehead atoms. The lowest BCUT2D eigenvalue weighted by Crippen LogP contribution is -2.33. The van der Waals surface area contributed by atoms with Gasteiger partial charge in [-0.25, -0.2) is 9.97 Å². The maximum absolute atomic E-state index is 10.3. The van der Waals surface area contributed by atoms with Crippen LogP contribution in [0.25, 0.3) is 10.9 Å². The van der Waals surface area contributed by atoms with E-state index in [-0.39, 0.29) is 0 Å². The number of halogens is 1. The number of rotatable bonds is 4. The molecule has 0 aliphatic carbocycles. The normalized spacial score (nSPS) is 17.9. The van der Waals surface area contributed by atoms with Crippen LogP contribution in [0.1, 0.15) is 25.3 Å². The van der Waals surface area contributed by atoms with Crippen molar-refractivity contribution in [1.29, 1.82) is 0 Å². The van der Waals surface area contributed by atoms with Crippen LogP contribution in [-0.4, -0.2) is 33.1 Å². The number of phenolic OH excluding ortho intramolecular Hbond substituents is 1. The summed E-state index contributed by atoms with van der Waals surface area (Å²) in [5.41, 5.74) is 2.61. The Bertz CT molecular complexity index is 962. The molecule has 5 nitrogen and oxygen atoms in total. The zero-order valence-corrected chi connectivity index (χ0v) is 16.1. The number of piperidine rings is 1. The van der Waals surface area contributed by atoms with Gasteiger partial charge in [0.25, 0.3) is 0 Å². The van der Waals surface area contributed by atoms with Gasteiger partial charge in [-0.1, -0.05) is 18.5 Å². The second-order valence-corrected chi connectivity index (χ2v) is 7.77. The van der Waals surface area contributed by atoms with Crippen LogP contribution >= 0.6 is 11.6 Å². The number of nitrogens with one attached hydrogen (secondary N) is 1. The second kappa shape index (κ2) is 7.71. The fraction of sp³-hybridized carbons (Fsp3) is 0.333. The van der Waals surface area contributed by atoms with Crippen molar-refractivity contribution in [2.45, 2.75) is 26.3 Å². The maximum Gasteiger partial charge on any atom is 0.141 e. The summed E-state index contributed by atoms with van der Waals surface area (Å²) in [6.07, 6.45) is 4.03. The van der Waals surface area contributed by atoms with Gasteiger partial charge < -0.3 is 10.4 Å². The van der Waals surface area contributed by atoms with Gasteiger partial charge in [-0.05, 0) is 61.7 Å². The van der Waals surface area contributed by atoms with Gasteiger partial charge in [0, 0.05) is 34.7 Å². The lowest BCUT2D eigenvalue weighted by atomic mass is 9.99. The van der Waals surface area contributed by atoms with Crippen molar-refractivity contribution in [1.82, 2.24) is 14.9 Å². The molecule has 0 saturated carbocycles. The second-order valence-electron chi connectivity index (χ2n) is 7.33. The molecule has 4 rings (SSSR count). The molecule has 3 aromatic rings. The Morgan fingerprint density at radius 2 is 2.11 bits per heavy atom. The Labute approximate surface area is 164 Å². The zero-order valence-electron chi connectivity index (χ0n) is 15.3. The van der Waals surface area contributed by atoms with Crippen molar-refractivity contribution in [3.8, 4) is 5.75 Å². The first-order valence-corrected chi connectivity index (χ1v) is 9.68. The summed E-state index contributed by atoms with van der Waals surface area (Å²) < 4.78 is 0. The van der Waals surface area contributed by atoms with Gasteiger partial charge in [-0.3, -0.25) is 4.90 Å². The highest BCUT2D eigenvalue weighted by atomic mass is 35.5. The number of aromatic nitrogens is 2. The van der Waals surface area contributed by atoms with E-state index in [1.165, 1.54) is 19.2 Å². The summed E-state index contributed by atoms with van der Waals surface area (Å²) >= 11 is 6.06. The molecule has 1 atom stereocenters. The van der Waals surface area contributed by atoms with Crippen molar-refractivity contribution in [3.05, 3.63) is 53.3 Å². The molecular formula is C21H23ClN4O. The predicted octanol–water partition coefficient (Wildman–Crippen LogP) is 4.96. The van der Waals surface area contributed by atoms with Crippen molar-refractivity contribution >= 4 is 34.0 Å². The van der Waals surface area contributed by atoms with E-state index in [1.807, 2.05) is 30.3 Å². The van der Waals surface area contributed by atoms with Crippen LogP contribution in [0.2, 0.25) is 5.02 Å². The molecule has 1 saturated heterocycles. The Morgan fingerprint density at radius 1 is 1.22 bits per heavy atom. The number of hydrogen-bond acceptors (Lipinski definition) is 5. The van der Waals surface area contributed by atoms with Crippen LogP contribution in [0.5, 0.6) is 5.75 Å². The third-order valence-electron chi connectivity index (χ3n) is 5.08. The lowest BCUT2D eigenvalue weighted by Gasteiger charge is -2.31. The molecule has 2 N–H and O–H groups in total. The molecule has 1 unspecified atom stereocenters. The third kappa shape index (κ3) is 4.15. The Hall–Kier alpha value is -2.37. The minimum absolute atomic E-state index is 0.332. The molecule has 27 heavy (non-hydrogen) atoms. The fourth-order valence-electron chi connectivity index (χ4n) is 3.73. The van der Waals surface area contributed by atoms with E-state index in [9.17, 15) is 5.11 Å². The lowest BCUT2D eigenvalue weighted by molar-refractivity contribution is 0.175. The number of fused-ring (bicyclic) bond motifs is 1. The van der Waals surface area contributed by atoms with Gasteiger partial charge in [0.05, 0.1) is 5.52 Å². The Balaban J connectivity index is 1.58. The average Bonchev–Trinajstić information content (AvgIpc) is 2.64. The molecule has 140 valence electrons. The molecule has 2 heterocycles. The summed E-state index contributed by atoms with van der Waals surface area (Å²) in [6, 6.07) is 11.2. The average molecular weight is 383 g/mol. The van der Waals surface area contributed by atoms with E-state index < -0.39 is 0 Å². The van der Waals surface area contributed by atoms with Crippen LogP contribution in [0.3, 0.4) is 0 Å². The topological polar surface area (TPSA) is 61.3 Å². The van der Waals surface area contributed by atoms with E-state index in [4.69, 9.17) is 11.6 Å². The highest BCUT2D eigenvalue weighted by molar-refractivity contribution is 6.31. The standard InChI is InChI=1S/C21H23ClN4O/c1-14-3-2-8-26(11-14)12-15-9-17(5-7-20(15)27)25-21-18-6-4-16(22)10-19(18)23-13-24-21/h4-7,9-10,13-14,27H,2-3,8,11-12H2,1H3,(H,23,24,25). The van der Waals surface area contributed by atoms with Gasteiger partial charge in [-0.2, -0.15) is 0 Å². The van der Waals surface area contributed by atoms with Crippen molar-refractivity contribution < 1.29 is 5.11 Å². The minimum Gasteiger partial charge on any atom is -0.508 e. The van der Waals surface area contributed by atoms with Crippen molar-refractivity contribution in [3.63, 3.8) is 0 Å². The minimum atomic E-state index is 0.332. The van der Waals surface area contributed by atoms with E-state index in [0.717, 1.165) is 47.6 Å². The van der Waals surface area contributed by atoms with Crippen LogP contribution in [0.4, 0.5) is 11.5 Å². The number of benzene rings is 2. The molecule has 0 radical (unpaired) electrons. The molecule has 1 aromatic heterocycles. The fourth-order valence-corrected chi connectivity index (χ4v) is 3.89. The van der Waals surface area contributed by atoms with Crippen LogP contribution in [-0.2, 0) is 6.54 Å². The summed E-state index contributed by atoms with van der Waals surface area (Å²) in [6.45, 7) is 5.20. The molecule has 6 heteroatoms. The number of nitrogens with zero attached hydrogens (tertiary/aromatic N) is 3. The molecule has 0 amide bonds. The molecule has 1 fully saturated rings. The first kappa shape index (κ1) is 18.0. The van der Waals surface area contributed by atoms with E-state index in [1.54, 1.807) is 6.07 Å². The number of hydrogen-bond donors (Lipinski definition) is 2. The first-order valence-electron chi connectivity index (χ1n) is 9.30. The molecule has 0 spiro atoms. The highest BCUT2D eigenvalue weighted by Crippen LogP contribution is 2.29. The summed E-state index contributed by atoms with van der Waals surface area (Å²) in [4.78, 5) is 11.1. The molecule has 2 aromatic carbocycles. The quantitative estimate of drug-likeness (QED) is 0.624. The summed E-state index contributed by atoms with van der Waals surface area (Å²) in [5, 5.41) is 15.2. The van der Waals surface area contributed by atoms with Gasteiger partial charge in [0.1, 0.15) is 17.9 Å². The predicted molar refractivity (Wildman–Crippen MR) is 110 cm³/mol. The van der Waals surface area contributed by atoms with Gasteiger partial charge in [0.2, 0.25) is 0 Å². The van der Waals surface area contributed by atoms with E-state index in [0.29, 0.717) is 16.7 Å². The monoisotopic (exact) mass is 382 g/mol. The van der Waals surface area contributed by atoms with Crippen LogP contribution in [0.15, 0.2) is 42.7 Å². The highest BCUT2D eigenvalue weighted by Gasteiger charge is 2.17. The van der Waals surface area contributed by atoms with Crippen LogP contribution in [0, 0.1) is 5.92 Å².